The van der Waals surface area contributed by atoms with Crippen molar-refractivity contribution in [1.82, 2.24) is 10.1 Å². The predicted octanol–water partition coefficient (Wildman–Crippen LogP) is 4.64. The third-order valence-corrected chi connectivity index (χ3v) is 7.72. The minimum Gasteiger partial charge on any atom is -0.335 e. The standard InChI is InChI=1S/C23H19ClN4O4S/c1-14-21-17(13-19(26-23(21)32-27-14)15-6-3-2-4-7-15)22(29)25-20-12-16(8-9-18(20)24)28-10-5-11-33(28,30)31/h2-4,6-9,12-13H,5,10-11H2,1H3,(H,25,29). The van der Waals surface area contributed by atoms with E-state index in [4.69, 9.17) is 16.1 Å². The first-order chi connectivity index (χ1) is 15.8. The lowest BCUT2D eigenvalue weighted by molar-refractivity contribution is 0.102. The molecule has 10 heteroatoms. The maximum Gasteiger partial charge on any atom is 0.259 e. The molecule has 2 aromatic carbocycles. The quantitative estimate of drug-likeness (QED) is 0.454. The largest absolute Gasteiger partial charge is 0.335 e. The number of carbonyl (C=O) groups is 1. The van der Waals surface area contributed by atoms with Gasteiger partial charge in [-0.3, -0.25) is 9.10 Å². The Bertz CT molecular complexity index is 1490. The van der Waals surface area contributed by atoms with Gasteiger partial charge in [-0.2, -0.15) is 0 Å². The van der Waals surface area contributed by atoms with Crippen molar-refractivity contribution in [3.63, 3.8) is 0 Å². The molecule has 0 radical (unpaired) electrons. The zero-order valence-corrected chi connectivity index (χ0v) is 19.2. The number of fused-ring (bicyclic) bond motifs is 1. The zero-order chi connectivity index (χ0) is 23.2. The van der Waals surface area contributed by atoms with Gasteiger partial charge in [-0.15, -0.1) is 0 Å². The van der Waals surface area contributed by atoms with Crippen LogP contribution < -0.4 is 9.62 Å². The van der Waals surface area contributed by atoms with E-state index < -0.39 is 15.9 Å². The van der Waals surface area contributed by atoms with Crippen LogP contribution in [0.3, 0.4) is 0 Å². The van der Waals surface area contributed by atoms with Crippen molar-refractivity contribution in [1.29, 1.82) is 0 Å². The molecule has 0 aliphatic carbocycles. The number of benzene rings is 2. The van der Waals surface area contributed by atoms with Crippen molar-refractivity contribution >= 4 is 50.0 Å². The van der Waals surface area contributed by atoms with Crippen LogP contribution in [0.5, 0.6) is 0 Å². The molecule has 1 N–H and O–H groups in total. The predicted molar refractivity (Wildman–Crippen MR) is 127 cm³/mol. The molecule has 168 valence electrons. The van der Waals surface area contributed by atoms with E-state index in [0.717, 1.165) is 5.56 Å². The molecule has 3 heterocycles. The highest BCUT2D eigenvalue weighted by Gasteiger charge is 2.29. The summed E-state index contributed by atoms with van der Waals surface area (Å²) in [5.74, 6) is -0.337. The van der Waals surface area contributed by atoms with Gasteiger partial charge in [-0.1, -0.05) is 47.1 Å². The molecule has 1 aliphatic heterocycles. The number of amides is 1. The molecule has 0 atom stereocenters. The lowest BCUT2D eigenvalue weighted by atomic mass is 10.0. The number of aromatic nitrogens is 2. The fourth-order valence-electron chi connectivity index (χ4n) is 3.91. The SMILES string of the molecule is Cc1noc2nc(-c3ccccc3)cc(C(=O)Nc3cc(N4CCCS4(=O)=O)ccc3Cl)c12. The Labute approximate surface area is 195 Å². The van der Waals surface area contributed by atoms with E-state index in [1.165, 1.54) is 4.31 Å². The van der Waals surface area contributed by atoms with Gasteiger partial charge < -0.3 is 9.84 Å². The van der Waals surface area contributed by atoms with Gasteiger partial charge in [0.05, 0.1) is 44.5 Å². The normalized spacial score (nSPS) is 15.2. The van der Waals surface area contributed by atoms with Crippen molar-refractivity contribution in [2.24, 2.45) is 0 Å². The van der Waals surface area contributed by atoms with Gasteiger partial charge in [0.2, 0.25) is 10.0 Å². The van der Waals surface area contributed by atoms with Gasteiger partial charge >= 0.3 is 0 Å². The third-order valence-electron chi connectivity index (χ3n) is 5.52. The summed E-state index contributed by atoms with van der Waals surface area (Å²) in [5, 5.41) is 7.57. The topological polar surface area (TPSA) is 105 Å². The number of carbonyl (C=O) groups excluding carboxylic acids is 1. The van der Waals surface area contributed by atoms with Crippen LogP contribution in [-0.2, 0) is 10.0 Å². The maximum atomic E-state index is 13.4. The van der Waals surface area contributed by atoms with Gasteiger partial charge in [0, 0.05) is 12.1 Å². The van der Waals surface area contributed by atoms with Crippen LogP contribution in [0.25, 0.3) is 22.4 Å². The highest BCUT2D eigenvalue weighted by molar-refractivity contribution is 7.93. The fraction of sp³-hybridized carbons (Fsp3) is 0.174. The van der Waals surface area contributed by atoms with E-state index in [2.05, 4.69) is 15.5 Å². The Morgan fingerprint density at radius 1 is 1.15 bits per heavy atom. The smallest absolute Gasteiger partial charge is 0.259 e. The van der Waals surface area contributed by atoms with Gasteiger partial charge in [-0.05, 0) is 37.6 Å². The molecule has 2 aromatic heterocycles. The Morgan fingerprint density at radius 3 is 2.67 bits per heavy atom. The molecule has 1 saturated heterocycles. The molecular formula is C23H19ClN4O4S. The van der Waals surface area contributed by atoms with Crippen LogP contribution in [0.2, 0.25) is 5.02 Å². The Hall–Kier alpha value is -3.43. The average Bonchev–Trinajstić information content (AvgIpc) is 3.36. The second kappa shape index (κ2) is 8.17. The van der Waals surface area contributed by atoms with Gasteiger partial charge in [0.1, 0.15) is 0 Å². The van der Waals surface area contributed by atoms with Gasteiger partial charge in [0.25, 0.3) is 11.6 Å². The van der Waals surface area contributed by atoms with Crippen LogP contribution in [0.1, 0.15) is 22.5 Å². The second-order valence-corrected chi connectivity index (χ2v) is 10.1. The molecule has 33 heavy (non-hydrogen) atoms. The molecule has 0 unspecified atom stereocenters. The lowest BCUT2D eigenvalue weighted by Gasteiger charge is -2.18. The van der Waals surface area contributed by atoms with Crippen LogP contribution in [-0.4, -0.2) is 36.8 Å². The Kier molecular flexibility index (Phi) is 5.30. The van der Waals surface area contributed by atoms with Crippen LogP contribution >= 0.6 is 11.6 Å². The molecular weight excluding hydrogens is 464 g/mol. The molecule has 0 spiro atoms. The summed E-state index contributed by atoms with van der Waals surface area (Å²) in [5.41, 5.74) is 3.26. The Morgan fingerprint density at radius 2 is 1.94 bits per heavy atom. The number of sulfonamides is 1. The van der Waals surface area contributed by atoms with Crippen molar-refractivity contribution < 1.29 is 17.7 Å². The molecule has 8 nitrogen and oxygen atoms in total. The fourth-order valence-corrected chi connectivity index (χ4v) is 5.64. The molecule has 1 fully saturated rings. The molecule has 5 rings (SSSR count). The molecule has 1 amide bonds. The summed E-state index contributed by atoms with van der Waals surface area (Å²) < 4.78 is 31.3. The summed E-state index contributed by atoms with van der Waals surface area (Å²) in [6.45, 7) is 2.13. The summed E-state index contributed by atoms with van der Waals surface area (Å²) >= 11 is 6.34. The van der Waals surface area contributed by atoms with E-state index >= 15 is 0 Å². The van der Waals surface area contributed by atoms with E-state index in [9.17, 15) is 13.2 Å². The molecule has 0 bridgehead atoms. The molecule has 1 aliphatic rings. The monoisotopic (exact) mass is 482 g/mol. The van der Waals surface area contributed by atoms with E-state index in [0.29, 0.717) is 51.7 Å². The van der Waals surface area contributed by atoms with Crippen LogP contribution in [0.4, 0.5) is 11.4 Å². The van der Waals surface area contributed by atoms with Crippen molar-refractivity contribution in [3.8, 4) is 11.3 Å². The Balaban J connectivity index is 1.55. The highest BCUT2D eigenvalue weighted by atomic mass is 35.5. The zero-order valence-electron chi connectivity index (χ0n) is 17.6. The van der Waals surface area contributed by atoms with Gasteiger partial charge in [0.15, 0.2) is 0 Å². The van der Waals surface area contributed by atoms with E-state index in [-0.39, 0.29) is 11.5 Å². The number of nitrogens with zero attached hydrogens (tertiary/aromatic N) is 3. The van der Waals surface area contributed by atoms with Crippen LogP contribution in [0, 0.1) is 6.92 Å². The lowest BCUT2D eigenvalue weighted by Crippen LogP contribution is -2.25. The summed E-state index contributed by atoms with van der Waals surface area (Å²) in [4.78, 5) is 17.9. The maximum absolute atomic E-state index is 13.4. The minimum absolute atomic E-state index is 0.0986. The van der Waals surface area contributed by atoms with Gasteiger partial charge in [-0.25, -0.2) is 13.4 Å². The number of rotatable bonds is 4. The number of halogens is 1. The van der Waals surface area contributed by atoms with Crippen molar-refractivity contribution in [2.45, 2.75) is 13.3 Å². The number of pyridine rings is 1. The number of nitrogens with one attached hydrogen (secondary N) is 1. The average molecular weight is 483 g/mol. The van der Waals surface area contributed by atoms with Crippen molar-refractivity contribution in [3.05, 3.63) is 70.9 Å². The number of aryl methyl sites for hydroxylation is 1. The third kappa shape index (κ3) is 3.94. The molecule has 4 aromatic rings. The highest BCUT2D eigenvalue weighted by Crippen LogP contribution is 2.33. The summed E-state index contributed by atoms with van der Waals surface area (Å²) in [6.07, 6.45) is 0.552. The first kappa shape index (κ1) is 21.4. The van der Waals surface area contributed by atoms with Crippen LogP contribution in [0.15, 0.2) is 59.1 Å². The van der Waals surface area contributed by atoms with Crippen molar-refractivity contribution in [2.75, 3.05) is 21.9 Å². The first-order valence-corrected chi connectivity index (χ1v) is 12.3. The second-order valence-electron chi connectivity index (χ2n) is 7.73. The summed E-state index contributed by atoms with van der Waals surface area (Å²) in [6, 6.07) is 15.9. The number of hydrogen-bond acceptors (Lipinski definition) is 6. The first-order valence-electron chi connectivity index (χ1n) is 10.3. The number of anilines is 2. The molecule has 0 saturated carbocycles. The minimum atomic E-state index is -3.36. The summed E-state index contributed by atoms with van der Waals surface area (Å²) in [7, 11) is -3.36. The van der Waals surface area contributed by atoms with E-state index in [1.807, 2.05) is 30.3 Å². The van der Waals surface area contributed by atoms with E-state index in [1.54, 1.807) is 31.2 Å². The number of hydrogen-bond donors (Lipinski definition) is 1.